The lowest BCUT2D eigenvalue weighted by Gasteiger charge is -2.36. The summed E-state index contributed by atoms with van der Waals surface area (Å²) in [5.41, 5.74) is 4.70. The van der Waals surface area contributed by atoms with Gasteiger partial charge in [-0.15, -0.1) is 0 Å². The normalized spacial score (nSPS) is 19.8. The summed E-state index contributed by atoms with van der Waals surface area (Å²) >= 11 is 0. The van der Waals surface area contributed by atoms with Crippen LogP contribution in [-0.4, -0.2) is 50.6 Å². The molecule has 6 nitrogen and oxygen atoms in total. The maximum atomic E-state index is 15.2. The zero-order valence-electron chi connectivity index (χ0n) is 18.2. The molecule has 3 aromatic rings. The molecule has 164 valence electrons. The highest BCUT2D eigenvalue weighted by molar-refractivity contribution is 5.96. The van der Waals surface area contributed by atoms with Gasteiger partial charge in [-0.1, -0.05) is 0 Å². The van der Waals surface area contributed by atoms with Crippen LogP contribution < -0.4 is 0 Å². The Kier molecular flexibility index (Phi) is 4.61. The molecule has 2 fully saturated rings. The standard InChI is InChI=1S/C25H26FN5O/c1-16-12-30-13-19(9-22(30)11-27-16)18-8-20-14-31(15-32)25(28-24(20)23(26)10-18)17-4-6-29(7-5-17)21-2-3-21/h8-13,15,17,21H,2-7,14H2,1H3. The molecule has 2 aromatic heterocycles. The van der Waals surface area contributed by atoms with E-state index in [0.29, 0.717) is 12.2 Å². The molecule has 1 saturated carbocycles. The fourth-order valence-electron chi connectivity index (χ4n) is 5.16. The largest absolute Gasteiger partial charge is 0.320 e. The molecule has 1 aliphatic carbocycles. The zero-order chi connectivity index (χ0) is 21.8. The van der Waals surface area contributed by atoms with Crippen molar-refractivity contribution >= 4 is 23.4 Å². The number of carbonyl (C=O) groups is 1. The average molecular weight is 432 g/mol. The first-order valence-corrected chi connectivity index (χ1v) is 11.4. The van der Waals surface area contributed by atoms with Gasteiger partial charge in [-0.05, 0) is 69.5 Å². The average Bonchev–Trinajstić information content (AvgIpc) is 3.57. The number of aryl methyl sites for hydroxylation is 1. The summed E-state index contributed by atoms with van der Waals surface area (Å²) in [4.78, 5) is 25.2. The summed E-state index contributed by atoms with van der Waals surface area (Å²) < 4.78 is 17.2. The molecule has 6 rings (SSSR count). The van der Waals surface area contributed by atoms with Crippen molar-refractivity contribution < 1.29 is 9.18 Å². The molecule has 0 spiro atoms. The molecule has 0 bridgehead atoms. The van der Waals surface area contributed by atoms with Crippen LogP contribution in [0.15, 0.2) is 41.8 Å². The van der Waals surface area contributed by atoms with E-state index in [2.05, 4.69) is 9.88 Å². The number of amidine groups is 1. The van der Waals surface area contributed by atoms with Gasteiger partial charge in [0.1, 0.15) is 17.3 Å². The lowest BCUT2D eigenvalue weighted by atomic mass is 9.93. The predicted octanol–water partition coefficient (Wildman–Crippen LogP) is 4.33. The molecule has 0 radical (unpaired) electrons. The van der Waals surface area contributed by atoms with Crippen molar-refractivity contribution in [2.45, 2.75) is 45.2 Å². The summed E-state index contributed by atoms with van der Waals surface area (Å²) in [5, 5.41) is 0. The van der Waals surface area contributed by atoms with Crippen LogP contribution in [0, 0.1) is 18.7 Å². The van der Waals surface area contributed by atoms with E-state index >= 15 is 4.39 Å². The molecule has 1 amide bonds. The van der Waals surface area contributed by atoms with Crippen LogP contribution in [0.25, 0.3) is 16.6 Å². The van der Waals surface area contributed by atoms with Crippen molar-refractivity contribution in [3.05, 3.63) is 53.9 Å². The van der Waals surface area contributed by atoms with E-state index in [0.717, 1.165) is 72.1 Å². The minimum Gasteiger partial charge on any atom is -0.320 e. The van der Waals surface area contributed by atoms with Gasteiger partial charge in [0, 0.05) is 35.5 Å². The number of carbonyl (C=O) groups excluding carboxylic acids is 1. The zero-order valence-corrected chi connectivity index (χ0v) is 18.2. The Hall–Kier alpha value is -3.06. The first kappa shape index (κ1) is 19.6. The third-order valence-corrected chi connectivity index (χ3v) is 7.03. The van der Waals surface area contributed by atoms with Crippen LogP contribution in [0.1, 0.15) is 36.9 Å². The lowest BCUT2D eigenvalue weighted by Crippen LogP contribution is -2.43. The van der Waals surface area contributed by atoms with E-state index in [9.17, 15) is 4.79 Å². The van der Waals surface area contributed by atoms with Crippen LogP contribution in [0.3, 0.4) is 0 Å². The second-order valence-corrected chi connectivity index (χ2v) is 9.30. The van der Waals surface area contributed by atoms with E-state index in [1.807, 2.05) is 42.0 Å². The van der Waals surface area contributed by atoms with E-state index < -0.39 is 0 Å². The maximum Gasteiger partial charge on any atom is 0.215 e. The molecular formula is C25H26FN5O. The molecule has 2 aliphatic heterocycles. The molecule has 1 saturated heterocycles. The highest BCUT2D eigenvalue weighted by Gasteiger charge is 2.35. The summed E-state index contributed by atoms with van der Waals surface area (Å²) in [6, 6.07) is 6.27. The molecule has 4 heterocycles. The van der Waals surface area contributed by atoms with Crippen molar-refractivity contribution in [3.63, 3.8) is 0 Å². The molecular weight excluding hydrogens is 405 g/mol. The number of likely N-dealkylation sites (tertiary alicyclic amines) is 1. The Bertz CT molecular complexity index is 1240. The van der Waals surface area contributed by atoms with Crippen LogP contribution in [0.5, 0.6) is 0 Å². The summed E-state index contributed by atoms with van der Waals surface area (Å²) in [7, 11) is 0. The van der Waals surface area contributed by atoms with Gasteiger partial charge in [-0.25, -0.2) is 9.38 Å². The maximum absolute atomic E-state index is 15.2. The van der Waals surface area contributed by atoms with Gasteiger partial charge in [0.15, 0.2) is 0 Å². The second kappa shape index (κ2) is 7.52. The number of amides is 1. The molecule has 1 aromatic carbocycles. The number of aromatic nitrogens is 2. The van der Waals surface area contributed by atoms with E-state index in [4.69, 9.17) is 4.99 Å². The minimum absolute atomic E-state index is 0.204. The lowest BCUT2D eigenvalue weighted by molar-refractivity contribution is -0.115. The van der Waals surface area contributed by atoms with Gasteiger partial charge in [0.25, 0.3) is 0 Å². The van der Waals surface area contributed by atoms with E-state index in [1.54, 1.807) is 11.0 Å². The number of hydrogen-bond donors (Lipinski definition) is 0. The van der Waals surface area contributed by atoms with Gasteiger partial charge >= 0.3 is 0 Å². The van der Waals surface area contributed by atoms with Crippen molar-refractivity contribution in [1.82, 2.24) is 19.2 Å². The van der Waals surface area contributed by atoms with Gasteiger partial charge in [0.2, 0.25) is 6.41 Å². The number of nitrogens with zero attached hydrogens (tertiary/aromatic N) is 5. The van der Waals surface area contributed by atoms with Gasteiger partial charge in [-0.2, -0.15) is 0 Å². The monoisotopic (exact) mass is 431 g/mol. The van der Waals surface area contributed by atoms with Gasteiger partial charge < -0.3 is 9.30 Å². The molecule has 3 aliphatic rings. The van der Waals surface area contributed by atoms with Crippen molar-refractivity contribution in [1.29, 1.82) is 0 Å². The van der Waals surface area contributed by atoms with Crippen LogP contribution in [0.4, 0.5) is 10.1 Å². The SMILES string of the molecule is Cc1cn2cc(-c3cc(F)c4c(c3)CN(C=O)C(C3CCN(C5CC5)CC3)=N4)cc2cn1. The van der Waals surface area contributed by atoms with E-state index in [-0.39, 0.29) is 11.7 Å². The molecule has 32 heavy (non-hydrogen) atoms. The summed E-state index contributed by atoms with van der Waals surface area (Å²) in [6.07, 6.45) is 11.1. The quantitative estimate of drug-likeness (QED) is 0.578. The Morgan fingerprint density at radius 2 is 1.88 bits per heavy atom. The second-order valence-electron chi connectivity index (χ2n) is 9.30. The topological polar surface area (TPSA) is 53.2 Å². The molecule has 7 heteroatoms. The highest BCUT2D eigenvalue weighted by atomic mass is 19.1. The van der Waals surface area contributed by atoms with Crippen LogP contribution in [-0.2, 0) is 11.3 Å². The first-order chi connectivity index (χ1) is 15.6. The number of rotatable bonds is 4. The van der Waals surface area contributed by atoms with Crippen molar-refractivity contribution in [2.24, 2.45) is 10.9 Å². The molecule has 0 unspecified atom stereocenters. The minimum atomic E-state index is -0.333. The molecule has 0 N–H and O–H groups in total. The van der Waals surface area contributed by atoms with E-state index in [1.165, 1.54) is 12.8 Å². The first-order valence-electron chi connectivity index (χ1n) is 11.4. The van der Waals surface area contributed by atoms with Crippen LogP contribution >= 0.6 is 0 Å². The van der Waals surface area contributed by atoms with Crippen molar-refractivity contribution in [2.75, 3.05) is 13.1 Å². The highest BCUT2D eigenvalue weighted by Crippen LogP contribution is 2.37. The molecule has 0 atom stereocenters. The van der Waals surface area contributed by atoms with Crippen LogP contribution in [0.2, 0.25) is 0 Å². The third kappa shape index (κ3) is 3.41. The Morgan fingerprint density at radius 3 is 2.62 bits per heavy atom. The Labute approximate surface area is 186 Å². The number of piperidine rings is 1. The number of benzene rings is 1. The number of halogens is 1. The number of aliphatic imine (C=N–C) groups is 1. The smallest absolute Gasteiger partial charge is 0.215 e. The fraction of sp³-hybridized carbons (Fsp3) is 0.400. The Morgan fingerprint density at radius 1 is 1.06 bits per heavy atom. The number of hydrogen-bond acceptors (Lipinski definition) is 4. The summed E-state index contributed by atoms with van der Waals surface area (Å²) in [5.74, 6) is 0.598. The van der Waals surface area contributed by atoms with Crippen molar-refractivity contribution in [3.8, 4) is 11.1 Å². The Balaban J connectivity index is 1.33. The third-order valence-electron chi connectivity index (χ3n) is 7.03. The summed E-state index contributed by atoms with van der Waals surface area (Å²) in [6.45, 7) is 4.37. The number of fused-ring (bicyclic) bond motifs is 2. The predicted molar refractivity (Wildman–Crippen MR) is 121 cm³/mol. The fourth-order valence-corrected chi connectivity index (χ4v) is 5.16. The van der Waals surface area contributed by atoms with Gasteiger partial charge in [0.05, 0.1) is 24.0 Å². The van der Waals surface area contributed by atoms with Gasteiger partial charge in [-0.3, -0.25) is 14.7 Å².